The molecule has 0 bridgehead atoms. The van der Waals surface area contributed by atoms with Crippen molar-refractivity contribution in [2.75, 3.05) is 18.5 Å². The Labute approximate surface area is 145 Å². The van der Waals surface area contributed by atoms with Gasteiger partial charge in [-0.05, 0) is 24.3 Å². The maximum Gasteiger partial charge on any atom is 0.269 e. The van der Waals surface area contributed by atoms with Crippen molar-refractivity contribution < 1.29 is 17.9 Å². The third kappa shape index (κ3) is 3.20. The number of para-hydroxylation sites is 2. The number of hydrogen-bond donors (Lipinski definition) is 1. The van der Waals surface area contributed by atoms with Crippen LogP contribution in [-0.4, -0.2) is 34.0 Å². The third-order valence-electron chi connectivity index (χ3n) is 3.86. The van der Waals surface area contributed by atoms with E-state index in [2.05, 4.69) is 4.72 Å². The summed E-state index contributed by atoms with van der Waals surface area (Å²) in [5.41, 5.74) is 0.662. The molecule has 1 atom stereocenters. The number of hydrogen-bond acceptors (Lipinski definition) is 5. The molecule has 0 aliphatic carbocycles. The molecule has 0 aromatic heterocycles. The van der Waals surface area contributed by atoms with E-state index in [1.54, 1.807) is 37.4 Å². The predicted molar refractivity (Wildman–Crippen MR) is 90.6 cm³/mol. The van der Waals surface area contributed by atoms with Crippen LogP contribution in [0.4, 0.5) is 5.69 Å². The Kier molecular flexibility index (Phi) is 4.44. The molecule has 1 N–H and O–H groups in total. The van der Waals surface area contributed by atoms with E-state index in [0.29, 0.717) is 11.4 Å². The van der Waals surface area contributed by atoms with Crippen LogP contribution in [0, 0.1) is 11.3 Å². The summed E-state index contributed by atoms with van der Waals surface area (Å²) in [6, 6.07) is 14.7. The lowest BCUT2D eigenvalue weighted by Gasteiger charge is -2.31. The summed E-state index contributed by atoms with van der Waals surface area (Å²) in [5.74, 6) is 0.154. The Morgan fingerprint density at radius 2 is 1.88 bits per heavy atom. The van der Waals surface area contributed by atoms with Crippen LogP contribution in [0.1, 0.15) is 5.56 Å². The number of nitrogens with one attached hydrogen (secondary N) is 1. The first-order valence-corrected chi connectivity index (χ1v) is 8.94. The van der Waals surface area contributed by atoms with Gasteiger partial charge in [0, 0.05) is 7.05 Å². The van der Waals surface area contributed by atoms with Crippen molar-refractivity contribution >= 4 is 21.6 Å². The van der Waals surface area contributed by atoms with Gasteiger partial charge in [-0.1, -0.05) is 24.3 Å². The number of benzene rings is 2. The van der Waals surface area contributed by atoms with Gasteiger partial charge in [0.25, 0.3) is 5.91 Å². The van der Waals surface area contributed by atoms with Gasteiger partial charge >= 0.3 is 0 Å². The summed E-state index contributed by atoms with van der Waals surface area (Å²) in [7, 11) is -2.34. The molecule has 0 radical (unpaired) electrons. The number of carbonyl (C=O) groups is 1. The van der Waals surface area contributed by atoms with Gasteiger partial charge in [-0.15, -0.1) is 0 Å². The van der Waals surface area contributed by atoms with Gasteiger partial charge in [0.05, 0.1) is 22.7 Å². The van der Waals surface area contributed by atoms with E-state index in [1.807, 2.05) is 6.07 Å². The smallest absolute Gasteiger partial charge is 0.269 e. The zero-order chi connectivity index (χ0) is 18.0. The zero-order valence-corrected chi connectivity index (χ0v) is 14.2. The molecule has 1 aliphatic heterocycles. The van der Waals surface area contributed by atoms with Crippen molar-refractivity contribution in [2.45, 2.75) is 11.0 Å². The lowest BCUT2D eigenvalue weighted by atomic mass is 10.2. The summed E-state index contributed by atoms with van der Waals surface area (Å²) in [4.78, 5) is 13.7. The Morgan fingerprint density at radius 3 is 2.64 bits per heavy atom. The van der Waals surface area contributed by atoms with Crippen LogP contribution < -0.4 is 14.4 Å². The topological polar surface area (TPSA) is 99.5 Å². The normalized spacial score (nSPS) is 16.7. The van der Waals surface area contributed by atoms with Crippen LogP contribution in [-0.2, 0) is 14.8 Å². The maximum absolute atomic E-state index is 12.4. The molecule has 0 spiro atoms. The Bertz CT molecular complexity index is 966. The highest BCUT2D eigenvalue weighted by atomic mass is 32.2. The van der Waals surface area contributed by atoms with Crippen LogP contribution in [0.15, 0.2) is 53.4 Å². The largest absolute Gasteiger partial charge is 0.477 e. The van der Waals surface area contributed by atoms with Gasteiger partial charge in [0.15, 0.2) is 6.10 Å². The highest BCUT2D eigenvalue weighted by Gasteiger charge is 2.33. The minimum absolute atomic E-state index is 0.0355. The summed E-state index contributed by atoms with van der Waals surface area (Å²) >= 11 is 0. The van der Waals surface area contributed by atoms with Crippen molar-refractivity contribution in [1.29, 1.82) is 5.26 Å². The molecule has 7 nitrogen and oxygen atoms in total. The van der Waals surface area contributed by atoms with Gasteiger partial charge in [-0.25, -0.2) is 13.1 Å². The van der Waals surface area contributed by atoms with Crippen molar-refractivity contribution in [3.8, 4) is 11.8 Å². The quantitative estimate of drug-likeness (QED) is 0.888. The second-order valence-corrected chi connectivity index (χ2v) is 7.17. The van der Waals surface area contributed by atoms with E-state index in [1.165, 1.54) is 23.1 Å². The number of sulfonamides is 1. The van der Waals surface area contributed by atoms with Gasteiger partial charge in [0.2, 0.25) is 10.0 Å². The molecule has 0 saturated heterocycles. The average molecular weight is 357 g/mol. The summed E-state index contributed by atoms with van der Waals surface area (Å²) in [6.45, 7) is -0.237. The number of fused-ring (bicyclic) bond motifs is 1. The molecule has 8 heteroatoms. The molecular weight excluding hydrogens is 342 g/mol. The van der Waals surface area contributed by atoms with Gasteiger partial charge < -0.3 is 9.64 Å². The molecule has 2 aromatic carbocycles. The summed E-state index contributed by atoms with van der Waals surface area (Å²) in [5, 5.41) is 9.06. The van der Waals surface area contributed by atoms with Crippen LogP contribution in [0.3, 0.4) is 0 Å². The molecule has 25 heavy (non-hydrogen) atoms. The number of likely N-dealkylation sites (N-methyl/N-ethyl adjacent to an activating group) is 1. The highest BCUT2D eigenvalue weighted by molar-refractivity contribution is 7.89. The summed E-state index contributed by atoms with van der Waals surface area (Å²) < 4.78 is 32.9. The number of ether oxygens (including phenoxy) is 1. The van der Waals surface area contributed by atoms with E-state index < -0.39 is 16.1 Å². The number of rotatable bonds is 4. The molecule has 1 aliphatic rings. The van der Waals surface area contributed by atoms with Crippen molar-refractivity contribution in [3.05, 3.63) is 54.1 Å². The molecule has 128 valence electrons. The monoisotopic (exact) mass is 357 g/mol. The second kappa shape index (κ2) is 6.55. The van der Waals surface area contributed by atoms with Gasteiger partial charge in [0.1, 0.15) is 11.8 Å². The Balaban J connectivity index is 1.80. The first-order valence-electron chi connectivity index (χ1n) is 7.46. The van der Waals surface area contributed by atoms with E-state index in [9.17, 15) is 13.2 Å². The van der Waals surface area contributed by atoms with Crippen molar-refractivity contribution in [1.82, 2.24) is 4.72 Å². The zero-order valence-electron chi connectivity index (χ0n) is 13.3. The lowest BCUT2D eigenvalue weighted by Crippen LogP contribution is -2.49. The number of nitriles is 1. The average Bonchev–Trinajstić information content (AvgIpc) is 2.63. The number of nitrogens with zero attached hydrogens (tertiary/aromatic N) is 2. The standard InChI is InChI=1S/C17H15N3O4S/c1-20-13-7-3-4-8-14(13)24-15(17(20)21)11-19-25(22,23)16-9-5-2-6-12(16)10-18/h2-9,15,19H,11H2,1H3. The first-order chi connectivity index (χ1) is 11.9. The van der Waals surface area contributed by atoms with Gasteiger partial charge in [-0.3, -0.25) is 4.79 Å². The Morgan fingerprint density at radius 1 is 1.20 bits per heavy atom. The molecule has 2 aromatic rings. The molecule has 1 amide bonds. The van der Waals surface area contributed by atoms with Gasteiger partial charge in [-0.2, -0.15) is 5.26 Å². The minimum atomic E-state index is -3.94. The highest BCUT2D eigenvalue weighted by Crippen LogP contribution is 2.32. The van der Waals surface area contributed by atoms with Crippen LogP contribution in [0.5, 0.6) is 5.75 Å². The molecule has 0 fully saturated rings. The number of carbonyl (C=O) groups excluding carboxylic acids is 1. The fourth-order valence-corrected chi connectivity index (χ4v) is 3.74. The summed E-state index contributed by atoms with van der Waals surface area (Å²) in [6.07, 6.45) is -0.982. The van der Waals surface area contributed by atoms with Crippen LogP contribution >= 0.6 is 0 Å². The maximum atomic E-state index is 12.4. The fourth-order valence-electron chi connectivity index (χ4n) is 2.56. The lowest BCUT2D eigenvalue weighted by molar-refractivity contribution is -0.125. The molecule has 1 unspecified atom stereocenters. The van der Waals surface area contributed by atoms with E-state index in [-0.39, 0.29) is 22.9 Å². The van der Waals surface area contributed by atoms with E-state index >= 15 is 0 Å². The Hall–Kier alpha value is -2.89. The fraction of sp³-hybridized carbons (Fsp3) is 0.176. The minimum Gasteiger partial charge on any atom is -0.477 e. The van der Waals surface area contributed by atoms with Crippen molar-refractivity contribution in [2.24, 2.45) is 0 Å². The number of anilines is 1. The first kappa shape index (κ1) is 17.0. The van der Waals surface area contributed by atoms with Crippen LogP contribution in [0.25, 0.3) is 0 Å². The van der Waals surface area contributed by atoms with Crippen molar-refractivity contribution in [3.63, 3.8) is 0 Å². The second-order valence-electron chi connectivity index (χ2n) is 5.43. The SMILES string of the molecule is CN1C(=O)C(CNS(=O)(=O)c2ccccc2C#N)Oc2ccccc21. The van der Waals surface area contributed by atoms with Crippen LogP contribution in [0.2, 0.25) is 0 Å². The number of amides is 1. The predicted octanol–water partition coefficient (Wildman–Crippen LogP) is 1.26. The molecular formula is C17H15N3O4S. The molecule has 1 heterocycles. The molecule has 3 rings (SSSR count). The van der Waals surface area contributed by atoms with E-state index in [0.717, 1.165) is 0 Å². The molecule has 0 saturated carbocycles. The van der Waals surface area contributed by atoms with E-state index in [4.69, 9.17) is 10.00 Å². The third-order valence-corrected chi connectivity index (χ3v) is 5.34.